The third-order valence-corrected chi connectivity index (χ3v) is 2.88. The van der Waals surface area contributed by atoms with Crippen molar-refractivity contribution in [1.82, 2.24) is 4.90 Å². The molecule has 0 radical (unpaired) electrons. The second-order valence-electron chi connectivity index (χ2n) is 5.74. The van der Waals surface area contributed by atoms with E-state index in [-0.39, 0.29) is 18.1 Å². The van der Waals surface area contributed by atoms with E-state index in [1.54, 1.807) is 12.0 Å². The Bertz CT molecular complexity index is 274. The Labute approximate surface area is 103 Å². The molecule has 0 spiro atoms. The average Bonchev–Trinajstić information content (AvgIpc) is 2.61. The van der Waals surface area contributed by atoms with E-state index in [4.69, 9.17) is 9.47 Å². The number of rotatable bonds is 3. The van der Waals surface area contributed by atoms with Gasteiger partial charge in [-0.2, -0.15) is 0 Å². The van der Waals surface area contributed by atoms with Crippen LogP contribution in [0.1, 0.15) is 27.2 Å². The summed E-state index contributed by atoms with van der Waals surface area (Å²) >= 11 is 0. The Morgan fingerprint density at radius 1 is 1.47 bits per heavy atom. The van der Waals surface area contributed by atoms with Crippen LogP contribution in [0.15, 0.2) is 0 Å². The maximum absolute atomic E-state index is 11.9. The molecule has 1 aliphatic rings. The van der Waals surface area contributed by atoms with Crippen molar-refractivity contribution >= 4 is 6.09 Å². The van der Waals surface area contributed by atoms with Crippen LogP contribution in [0.4, 0.5) is 4.79 Å². The standard InChI is InChI=1S/C12H23NO4/c1-11(2,3)17-10(15)13-6-5-12(7-13,8-14)9-16-4/h14H,5-9H2,1-4H3/t12-/m1/s1. The number of carbonyl (C=O) groups excluding carboxylic acids is 1. The lowest BCUT2D eigenvalue weighted by Crippen LogP contribution is -2.39. The van der Waals surface area contributed by atoms with Crippen LogP contribution in [0.2, 0.25) is 0 Å². The van der Waals surface area contributed by atoms with Gasteiger partial charge in [0.2, 0.25) is 0 Å². The van der Waals surface area contributed by atoms with Gasteiger partial charge in [0.05, 0.1) is 13.2 Å². The summed E-state index contributed by atoms with van der Waals surface area (Å²) in [5.74, 6) is 0. The van der Waals surface area contributed by atoms with E-state index >= 15 is 0 Å². The maximum Gasteiger partial charge on any atom is 0.410 e. The molecule has 0 aromatic carbocycles. The largest absolute Gasteiger partial charge is 0.444 e. The fraction of sp³-hybridized carbons (Fsp3) is 0.917. The molecule has 1 rings (SSSR count). The molecule has 5 nitrogen and oxygen atoms in total. The zero-order valence-electron chi connectivity index (χ0n) is 11.2. The fourth-order valence-electron chi connectivity index (χ4n) is 2.02. The van der Waals surface area contributed by atoms with E-state index < -0.39 is 5.60 Å². The number of nitrogens with zero attached hydrogens (tertiary/aromatic N) is 1. The fourth-order valence-corrected chi connectivity index (χ4v) is 2.02. The molecule has 0 saturated carbocycles. The lowest BCUT2D eigenvalue weighted by atomic mass is 9.89. The lowest BCUT2D eigenvalue weighted by Gasteiger charge is -2.27. The Balaban J connectivity index is 2.57. The summed E-state index contributed by atoms with van der Waals surface area (Å²) in [5, 5.41) is 9.42. The zero-order valence-corrected chi connectivity index (χ0v) is 11.2. The molecule has 1 amide bonds. The highest BCUT2D eigenvalue weighted by Crippen LogP contribution is 2.31. The van der Waals surface area contributed by atoms with E-state index in [2.05, 4.69) is 0 Å². The van der Waals surface area contributed by atoms with E-state index in [0.717, 1.165) is 6.42 Å². The number of aliphatic hydroxyl groups is 1. The number of hydrogen-bond donors (Lipinski definition) is 1. The van der Waals surface area contributed by atoms with E-state index in [9.17, 15) is 9.90 Å². The summed E-state index contributed by atoms with van der Waals surface area (Å²) < 4.78 is 10.4. The van der Waals surface area contributed by atoms with Gasteiger partial charge < -0.3 is 19.5 Å². The first-order valence-electron chi connectivity index (χ1n) is 5.90. The topological polar surface area (TPSA) is 59.0 Å². The van der Waals surface area contributed by atoms with Gasteiger partial charge in [-0.1, -0.05) is 0 Å². The molecule has 5 heteroatoms. The van der Waals surface area contributed by atoms with Crippen molar-refractivity contribution in [2.45, 2.75) is 32.8 Å². The van der Waals surface area contributed by atoms with Crippen LogP contribution >= 0.6 is 0 Å². The molecule has 1 saturated heterocycles. The second kappa shape index (κ2) is 5.23. The van der Waals surface area contributed by atoms with Crippen LogP contribution in [0, 0.1) is 5.41 Å². The van der Waals surface area contributed by atoms with Crippen molar-refractivity contribution in [2.24, 2.45) is 5.41 Å². The molecule has 0 bridgehead atoms. The smallest absolute Gasteiger partial charge is 0.410 e. The third kappa shape index (κ3) is 3.85. The van der Waals surface area contributed by atoms with Gasteiger partial charge in [0.15, 0.2) is 0 Å². The van der Waals surface area contributed by atoms with Crippen LogP contribution in [0.3, 0.4) is 0 Å². The van der Waals surface area contributed by atoms with Crippen molar-refractivity contribution in [2.75, 3.05) is 33.4 Å². The van der Waals surface area contributed by atoms with Crippen LogP contribution in [0.5, 0.6) is 0 Å². The Morgan fingerprint density at radius 2 is 2.12 bits per heavy atom. The number of ether oxygens (including phenoxy) is 2. The number of methoxy groups -OCH3 is 1. The summed E-state index contributed by atoms with van der Waals surface area (Å²) in [6.45, 7) is 7.12. The molecule has 0 unspecified atom stereocenters. The van der Waals surface area contributed by atoms with E-state index in [0.29, 0.717) is 19.7 Å². The molecule has 17 heavy (non-hydrogen) atoms. The van der Waals surface area contributed by atoms with Crippen LogP contribution < -0.4 is 0 Å². The summed E-state index contributed by atoms with van der Waals surface area (Å²) in [7, 11) is 1.60. The molecule has 1 aliphatic heterocycles. The van der Waals surface area contributed by atoms with Crippen LogP contribution in [-0.4, -0.2) is 55.1 Å². The first-order valence-corrected chi connectivity index (χ1v) is 5.90. The quantitative estimate of drug-likeness (QED) is 0.813. The highest BCUT2D eigenvalue weighted by Gasteiger charge is 2.40. The number of hydrogen-bond acceptors (Lipinski definition) is 4. The van der Waals surface area contributed by atoms with Crippen molar-refractivity contribution < 1.29 is 19.4 Å². The summed E-state index contributed by atoms with van der Waals surface area (Å²) in [6, 6.07) is 0. The molecule has 0 aromatic rings. The number of carbonyl (C=O) groups is 1. The van der Waals surface area contributed by atoms with Gasteiger partial charge in [0, 0.05) is 25.6 Å². The number of amides is 1. The minimum atomic E-state index is -0.483. The third-order valence-electron chi connectivity index (χ3n) is 2.88. The molecule has 0 aliphatic carbocycles. The molecule has 0 aromatic heterocycles. The van der Waals surface area contributed by atoms with E-state index in [1.807, 2.05) is 20.8 Å². The van der Waals surface area contributed by atoms with Gasteiger partial charge in [-0.25, -0.2) is 4.79 Å². The van der Waals surface area contributed by atoms with Gasteiger partial charge in [-0.3, -0.25) is 0 Å². The first kappa shape index (κ1) is 14.3. The van der Waals surface area contributed by atoms with Crippen molar-refractivity contribution in [3.63, 3.8) is 0 Å². The summed E-state index contributed by atoms with van der Waals surface area (Å²) in [6.07, 6.45) is 0.431. The normalized spacial score (nSPS) is 25.1. The lowest BCUT2D eigenvalue weighted by molar-refractivity contribution is 0.0145. The molecular formula is C12H23NO4. The van der Waals surface area contributed by atoms with Crippen LogP contribution in [0.25, 0.3) is 0 Å². The van der Waals surface area contributed by atoms with Gasteiger partial charge >= 0.3 is 6.09 Å². The average molecular weight is 245 g/mol. The van der Waals surface area contributed by atoms with Gasteiger partial charge in [-0.15, -0.1) is 0 Å². The molecule has 1 heterocycles. The predicted octanol–water partition coefficient (Wildman–Crippen LogP) is 1.25. The first-order chi connectivity index (χ1) is 7.82. The molecule has 100 valence electrons. The SMILES string of the molecule is COC[C@]1(CO)CCN(C(=O)OC(C)(C)C)C1. The van der Waals surface area contributed by atoms with Gasteiger partial charge in [-0.05, 0) is 27.2 Å². The number of likely N-dealkylation sites (tertiary alicyclic amines) is 1. The van der Waals surface area contributed by atoms with Gasteiger partial charge in [0.1, 0.15) is 5.60 Å². The Kier molecular flexibility index (Phi) is 4.38. The number of aliphatic hydroxyl groups excluding tert-OH is 1. The highest BCUT2D eigenvalue weighted by molar-refractivity contribution is 5.68. The summed E-state index contributed by atoms with van der Waals surface area (Å²) in [5.41, 5.74) is -0.811. The van der Waals surface area contributed by atoms with Gasteiger partial charge in [0.25, 0.3) is 0 Å². The molecule has 1 atom stereocenters. The minimum absolute atomic E-state index is 0.0279. The predicted molar refractivity (Wildman–Crippen MR) is 63.8 cm³/mol. The van der Waals surface area contributed by atoms with E-state index in [1.165, 1.54) is 0 Å². The minimum Gasteiger partial charge on any atom is -0.444 e. The second-order valence-corrected chi connectivity index (χ2v) is 5.74. The van der Waals surface area contributed by atoms with Crippen molar-refractivity contribution in [1.29, 1.82) is 0 Å². The molecular weight excluding hydrogens is 222 g/mol. The Morgan fingerprint density at radius 3 is 2.59 bits per heavy atom. The monoisotopic (exact) mass is 245 g/mol. The van der Waals surface area contributed by atoms with Crippen molar-refractivity contribution in [3.8, 4) is 0 Å². The summed E-state index contributed by atoms with van der Waals surface area (Å²) in [4.78, 5) is 13.5. The van der Waals surface area contributed by atoms with Crippen molar-refractivity contribution in [3.05, 3.63) is 0 Å². The molecule has 1 N–H and O–H groups in total. The highest BCUT2D eigenvalue weighted by atomic mass is 16.6. The van der Waals surface area contributed by atoms with Crippen LogP contribution in [-0.2, 0) is 9.47 Å². The maximum atomic E-state index is 11.9. The molecule has 1 fully saturated rings. The zero-order chi connectivity index (χ0) is 13.1. The Hall–Kier alpha value is -0.810.